The van der Waals surface area contributed by atoms with Gasteiger partial charge in [-0.25, -0.2) is 14.0 Å². The molecular weight excluding hydrogens is 357 g/mol. The third-order valence-electron chi connectivity index (χ3n) is 3.45. The minimum Gasteiger partial charge on any atom is -0.489 e. The van der Waals surface area contributed by atoms with Gasteiger partial charge in [0, 0.05) is 0 Å². The number of esters is 1. The molecule has 1 N–H and O–H groups in total. The van der Waals surface area contributed by atoms with Crippen molar-refractivity contribution >= 4 is 18.0 Å². The molecule has 0 aliphatic heterocycles. The Hall–Kier alpha value is -3.42. The molecule has 2 aromatic rings. The van der Waals surface area contributed by atoms with Crippen LogP contribution in [-0.4, -0.2) is 31.2 Å². The summed E-state index contributed by atoms with van der Waals surface area (Å²) in [6.45, 7) is 1.52. The van der Waals surface area contributed by atoms with E-state index in [4.69, 9.17) is 9.47 Å². The first-order valence-electron chi connectivity index (χ1n) is 7.96. The van der Waals surface area contributed by atoms with Gasteiger partial charge in [-0.3, -0.25) is 10.1 Å². The molecule has 27 heavy (non-hydrogen) atoms. The molecule has 0 saturated heterocycles. The Kier molecular flexibility index (Phi) is 6.87. The number of rotatable bonds is 6. The van der Waals surface area contributed by atoms with E-state index in [-0.39, 0.29) is 18.0 Å². The average Bonchev–Trinajstić information content (AvgIpc) is 2.67. The standard InChI is InChI=1S/C19H18FNO6/c1-12(17(22)21-19(24)25-2)27-18(23)14-4-3-5-16(10-14)26-11-13-6-8-15(20)9-7-13/h3-10,12H,11H2,1-2H3,(H,21,22,24)/t12-/m1/s1. The molecule has 0 fully saturated rings. The largest absolute Gasteiger partial charge is 0.489 e. The van der Waals surface area contributed by atoms with Gasteiger partial charge in [0.25, 0.3) is 5.91 Å². The molecule has 0 radical (unpaired) electrons. The number of carbonyl (C=O) groups excluding carboxylic acids is 3. The van der Waals surface area contributed by atoms with E-state index < -0.39 is 24.1 Å². The van der Waals surface area contributed by atoms with Crippen LogP contribution in [-0.2, 0) is 20.9 Å². The molecule has 1 atom stereocenters. The van der Waals surface area contributed by atoms with Crippen LogP contribution in [0.5, 0.6) is 5.75 Å². The number of benzene rings is 2. The molecule has 0 saturated carbocycles. The molecule has 0 bridgehead atoms. The first-order valence-corrected chi connectivity index (χ1v) is 7.96. The van der Waals surface area contributed by atoms with Crippen molar-refractivity contribution in [1.82, 2.24) is 5.32 Å². The number of carbonyl (C=O) groups is 3. The number of hydrogen-bond acceptors (Lipinski definition) is 6. The zero-order chi connectivity index (χ0) is 19.8. The third kappa shape index (κ3) is 6.10. The van der Waals surface area contributed by atoms with Gasteiger partial charge >= 0.3 is 12.1 Å². The maximum Gasteiger partial charge on any atom is 0.413 e. The zero-order valence-corrected chi connectivity index (χ0v) is 14.7. The van der Waals surface area contributed by atoms with Crippen molar-refractivity contribution in [2.45, 2.75) is 19.6 Å². The van der Waals surface area contributed by atoms with Gasteiger partial charge in [-0.2, -0.15) is 0 Å². The monoisotopic (exact) mass is 375 g/mol. The fourth-order valence-corrected chi connectivity index (χ4v) is 2.00. The van der Waals surface area contributed by atoms with Crippen LogP contribution in [0.25, 0.3) is 0 Å². The normalized spacial score (nSPS) is 11.2. The molecule has 0 aromatic heterocycles. The molecule has 0 aliphatic carbocycles. The Balaban J connectivity index is 1.95. The van der Waals surface area contributed by atoms with Crippen LogP contribution in [0, 0.1) is 5.82 Å². The number of nitrogens with one attached hydrogen (secondary N) is 1. The minimum atomic E-state index is -1.19. The molecule has 0 aliphatic rings. The van der Waals surface area contributed by atoms with Gasteiger partial charge < -0.3 is 14.2 Å². The Labute approximate surface area is 155 Å². The van der Waals surface area contributed by atoms with Crippen LogP contribution in [0.2, 0.25) is 0 Å². The molecule has 142 valence electrons. The van der Waals surface area contributed by atoms with E-state index >= 15 is 0 Å². The summed E-state index contributed by atoms with van der Waals surface area (Å²) in [6.07, 6.45) is -2.14. The van der Waals surface area contributed by atoms with E-state index in [1.54, 1.807) is 24.3 Å². The van der Waals surface area contributed by atoms with Crippen molar-refractivity contribution in [3.63, 3.8) is 0 Å². The first kappa shape index (κ1) is 19.9. The van der Waals surface area contributed by atoms with Crippen molar-refractivity contribution in [3.05, 3.63) is 65.5 Å². The molecule has 2 amide bonds. The Morgan fingerprint density at radius 1 is 1.11 bits per heavy atom. The summed E-state index contributed by atoms with van der Waals surface area (Å²) >= 11 is 0. The molecular formula is C19H18FNO6. The number of halogens is 1. The topological polar surface area (TPSA) is 90.9 Å². The molecule has 8 heteroatoms. The lowest BCUT2D eigenvalue weighted by molar-refractivity contribution is -0.128. The highest BCUT2D eigenvalue weighted by atomic mass is 19.1. The molecule has 0 heterocycles. The summed E-state index contributed by atoms with van der Waals surface area (Å²) in [5.41, 5.74) is 0.932. The quantitative estimate of drug-likeness (QED) is 0.781. The second kappa shape index (κ2) is 9.33. The van der Waals surface area contributed by atoms with Gasteiger partial charge in [-0.05, 0) is 42.8 Å². The fraction of sp³-hybridized carbons (Fsp3) is 0.211. The molecule has 0 spiro atoms. The fourth-order valence-electron chi connectivity index (χ4n) is 2.00. The van der Waals surface area contributed by atoms with Crippen molar-refractivity contribution < 1.29 is 33.0 Å². The highest BCUT2D eigenvalue weighted by Gasteiger charge is 2.21. The third-order valence-corrected chi connectivity index (χ3v) is 3.45. The van der Waals surface area contributed by atoms with E-state index in [9.17, 15) is 18.8 Å². The van der Waals surface area contributed by atoms with Crippen molar-refractivity contribution in [2.24, 2.45) is 0 Å². The second-order valence-electron chi connectivity index (χ2n) is 5.47. The summed E-state index contributed by atoms with van der Waals surface area (Å²) < 4.78 is 27.8. The maximum atomic E-state index is 12.9. The van der Waals surface area contributed by atoms with E-state index in [2.05, 4.69) is 4.74 Å². The summed E-state index contributed by atoms with van der Waals surface area (Å²) in [5, 5.41) is 1.91. The van der Waals surface area contributed by atoms with Crippen LogP contribution in [0.15, 0.2) is 48.5 Å². The van der Waals surface area contributed by atoms with Crippen LogP contribution in [0.4, 0.5) is 9.18 Å². The summed E-state index contributed by atoms with van der Waals surface area (Å²) in [6, 6.07) is 12.0. The highest BCUT2D eigenvalue weighted by Crippen LogP contribution is 2.17. The van der Waals surface area contributed by atoms with Crippen molar-refractivity contribution in [2.75, 3.05) is 7.11 Å². The smallest absolute Gasteiger partial charge is 0.413 e. The highest BCUT2D eigenvalue weighted by molar-refractivity contribution is 5.97. The predicted molar refractivity (Wildman–Crippen MR) is 92.6 cm³/mol. The van der Waals surface area contributed by atoms with Gasteiger partial charge in [0.15, 0.2) is 6.10 Å². The molecule has 0 unspecified atom stereocenters. The Morgan fingerprint density at radius 3 is 2.48 bits per heavy atom. The first-order chi connectivity index (χ1) is 12.9. The number of amides is 2. The van der Waals surface area contributed by atoms with Gasteiger partial charge in [0.1, 0.15) is 18.2 Å². The maximum absolute atomic E-state index is 12.9. The number of imide groups is 1. The minimum absolute atomic E-state index is 0.171. The Morgan fingerprint density at radius 2 is 1.81 bits per heavy atom. The SMILES string of the molecule is COC(=O)NC(=O)[C@@H](C)OC(=O)c1cccc(OCc2ccc(F)cc2)c1. The van der Waals surface area contributed by atoms with Crippen LogP contribution >= 0.6 is 0 Å². The van der Waals surface area contributed by atoms with Crippen LogP contribution in [0.1, 0.15) is 22.8 Å². The summed E-state index contributed by atoms with van der Waals surface area (Å²) in [5.74, 6) is -1.50. The average molecular weight is 375 g/mol. The van der Waals surface area contributed by atoms with E-state index in [0.717, 1.165) is 12.7 Å². The lowest BCUT2D eigenvalue weighted by Crippen LogP contribution is -2.39. The van der Waals surface area contributed by atoms with Crippen molar-refractivity contribution in [1.29, 1.82) is 0 Å². The number of ether oxygens (including phenoxy) is 3. The van der Waals surface area contributed by atoms with Gasteiger partial charge in [-0.1, -0.05) is 18.2 Å². The Bertz CT molecular complexity index is 821. The zero-order valence-electron chi connectivity index (χ0n) is 14.7. The van der Waals surface area contributed by atoms with Gasteiger partial charge in [0.05, 0.1) is 12.7 Å². The number of hydrogen-bond donors (Lipinski definition) is 1. The summed E-state index contributed by atoms with van der Waals surface area (Å²) in [4.78, 5) is 34.9. The van der Waals surface area contributed by atoms with Gasteiger partial charge in [0.2, 0.25) is 0 Å². The van der Waals surface area contributed by atoms with E-state index in [1.807, 2.05) is 5.32 Å². The van der Waals surface area contributed by atoms with Crippen LogP contribution in [0.3, 0.4) is 0 Å². The summed E-state index contributed by atoms with van der Waals surface area (Å²) in [7, 11) is 1.11. The van der Waals surface area contributed by atoms with Crippen molar-refractivity contribution in [3.8, 4) is 5.75 Å². The number of methoxy groups -OCH3 is 1. The van der Waals surface area contributed by atoms with Crippen LogP contribution < -0.4 is 10.1 Å². The molecule has 7 nitrogen and oxygen atoms in total. The molecule has 2 aromatic carbocycles. The second-order valence-corrected chi connectivity index (χ2v) is 5.47. The van der Waals surface area contributed by atoms with E-state index in [0.29, 0.717) is 5.75 Å². The predicted octanol–water partition coefficient (Wildman–Crippen LogP) is 2.83. The number of alkyl carbamates (subject to hydrolysis) is 1. The lowest BCUT2D eigenvalue weighted by Gasteiger charge is -2.13. The van der Waals surface area contributed by atoms with E-state index in [1.165, 1.54) is 31.2 Å². The lowest BCUT2D eigenvalue weighted by atomic mass is 10.2. The molecule has 2 rings (SSSR count). The van der Waals surface area contributed by atoms with Gasteiger partial charge in [-0.15, -0.1) is 0 Å².